The van der Waals surface area contributed by atoms with Crippen LogP contribution in [0.3, 0.4) is 0 Å². The minimum absolute atomic E-state index is 0.0641. The summed E-state index contributed by atoms with van der Waals surface area (Å²) in [5.41, 5.74) is 0. The summed E-state index contributed by atoms with van der Waals surface area (Å²) in [7, 11) is -3.20. The molecular formula is C9H9ClO3S. The fraction of sp³-hybridized carbons (Fsp3) is 0.333. The van der Waals surface area contributed by atoms with Crippen molar-refractivity contribution in [1.82, 2.24) is 0 Å². The molecule has 1 atom stereocenters. The molecule has 1 fully saturated rings. The van der Waals surface area contributed by atoms with Crippen molar-refractivity contribution in [3.8, 4) is 0 Å². The van der Waals surface area contributed by atoms with Crippen molar-refractivity contribution >= 4 is 21.4 Å². The molecule has 3 nitrogen and oxygen atoms in total. The van der Waals surface area contributed by atoms with Gasteiger partial charge < -0.3 is 4.74 Å². The van der Waals surface area contributed by atoms with Crippen LogP contribution in [0.15, 0.2) is 29.2 Å². The van der Waals surface area contributed by atoms with Crippen molar-refractivity contribution in [1.29, 1.82) is 0 Å². The number of hydrogen-bond acceptors (Lipinski definition) is 3. The molecule has 76 valence electrons. The maximum absolute atomic E-state index is 11.7. The van der Waals surface area contributed by atoms with Gasteiger partial charge in [0.1, 0.15) is 0 Å². The Labute approximate surface area is 87.6 Å². The number of ether oxygens (including phenoxy) is 1. The Balaban J connectivity index is 2.24. The van der Waals surface area contributed by atoms with Crippen molar-refractivity contribution in [2.24, 2.45) is 0 Å². The molecule has 1 saturated heterocycles. The summed E-state index contributed by atoms with van der Waals surface area (Å²) in [6.07, 6.45) is -0.115. The highest BCUT2D eigenvalue weighted by Crippen LogP contribution is 2.20. The van der Waals surface area contributed by atoms with Gasteiger partial charge in [-0.2, -0.15) is 0 Å². The maximum Gasteiger partial charge on any atom is 0.181 e. The fourth-order valence-electron chi connectivity index (χ4n) is 1.15. The summed E-state index contributed by atoms with van der Waals surface area (Å²) < 4.78 is 28.2. The molecule has 1 aliphatic rings. The van der Waals surface area contributed by atoms with E-state index in [4.69, 9.17) is 16.3 Å². The zero-order valence-corrected chi connectivity index (χ0v) is 8.88. The van der Waals surface area contributed by atoms with E-state index in [-0.39, 0.29) is 11.9 Å². The van der Waals surface area contributed by atoms with E-state index in [9.17, 15) is 8.42 Å². The first kappa shape index (κ1) is 9.96. The normalized spacial score (nSPS) is 20.8. The van der Waals surface area contributed by atoms with E-state index in [1.807, 2.05) is 0 Å². The molecule has 0 N–H and O–H groups in total. The third kappa shape index (κ3) is 2.26. The van der Waals surface area contributed by atoms with Crippen molar-refractivity contribution in [3.63, 3.8) is 0 Å². The van der Waals surface area contributed by atoms with Crippen LogP contribution in [0.5, 0.6) is 0 Å². The molecule has 5 heteroatoms. The Morgan fingerprint density at radius 1 is 1.36 bits per heavy atom. The van der Waals surface area contributed by atoms with Crippen LogP contribution in [0.4, 0.5) is 0 Å². The zero-order chi connectivity index (χ0) is 10.2. The van der Waals surface area contributed by atoms with Crippen LogP contribution in [0, 0.1) is 0 Å². The van der Waals surface area contributed by atoms with Crippen molar-refractivity contribution in [3.05, 3.63) is 29.3 Å². The van der Waals surface area contributed by atoms with E-state index in [1.54, 1.807) is 12.1 Å². The number of hydrogen-bond donors (Lipinski definition) is 0. The molecule has 0 bridgehead atoms. The molecule has 0 unspecified atom stereocenters. The zero-order valence-electron chi connectivity index (χ0n) is 7.31. The number of sulfone groups is 1. The Hall–Kier alpha value is -0.580. The molecule has 0 aromatic heterocycles. The van der Waals surface area contributed by atoms with E-state index in [1.165, 1.54) is 12.1 Å². The predicted molar refractivity (Wildman–Crippen MR) is 53.2 cm³/mol. The fourth-order valence-corrected chi connectivity index (χ4v) is 2.70. The first-order valence-corrected chi connectivity index (χ1v) is 6.21. The molecule has 1 heterocycles. The Bertz CT molecular complexity index is 420. The van der Waals surface area contributed by atoms with E-state index in [0.717, 1.165) is 0 Å². The van der Waals surface area contributed by atoms with Gasteiger partial charge in [-0.25, -0.2) is 8.42 Å². The molecule has 0 spiro atoms. The SMILES string of the molecule is O=S(=O)(C[C@H]1CO1)c1ccc(Cl)cc1. The third-order valence-electron chi connectivity index (χ3n) is 1.98. The minimum Gasteiger partial charge on any atom is -0.372 e. The lowest BCUT2D eigenvalue weighted by Gasteiger charge is -2.01. The monoisotopic (exact) mass is 232 g/mol. The van der Waals surface area contributed by atoms with Gasteiger partial charge in [-0.1, -0.05) is 11.6 Å². The molecule has 1 aromatic rings. The predicted octanol–water partition coefficient (Wildman–Crippen LogP) is 1.51. The van der Waals surface area contributed by atoms with Gasteiger partial charge in [-0.05, 0) is 24.3 Å². The van der Waals surface area contributed by atoms with Crippen LogP contribution < -0.4 is 0 Å². The molecule has 2 rings (SSSR count). The van der Waals surface area contributed by atoms with Gasteiger partial charge in [0.25, 0.3) is 0 Å². The first-order chi connectivity index (χ1) is 6.58. The lowest BCUT2D eigenvalue weighted by Crippen LogP contribution is -2.11. The van der Waals surface area contributed by atoms with Crippen molar-refractivity contribution < 1.29 is 13.2 Å². The van der Waals surface area contributed by atoms with Crippen LogP contribution >= 0.6 is 11.6 Å². The first-order valence-electron chi connectivity index (χ1n) is 4.18. The van der Waals surface area contributed by atoms with Gasteiger partial charge in [0.15, 0.2) is 9.84 Å². The minimum atomic E-state index is -3.20. The highest BCUT2D eigenvalue weighted by Gasteiger charge is 2.30. The average molecular weight is 233 g/mol. The maximum atomic E-state index is 11.7. The number of halogens is 1. The summed E-state index contributed by atoms with van der Waals surface area (Å²) in [4.78, 5) is 0.303. The van der Waals surface area contributed by atoms with Crippen molar-refractivity contribution in [2.75, 3.05) is 12.4 Å². The van der Waals surface area contributed by atoms with Gasteiger partial charge in [0.2, 0.25) is 0 Å². The van der Waals surface area contributed by atoms with Crippen LogP contribution in [0.2, 0.25) is 5.02 Å². The van der Waals surface area contributed by atoms with Crippen LogP contribution in [0.1, 0.15) is 0 Å². The molecule has 0 radical (unpaired) electrons. The number of benzene rings is 1. The lowest BCUT2D eigenvalue weighted by atomic mass is 10.4. The summed E-state index contributed by atoms with van der Waals surface area (Å²) in [5.74, 6) is 0.0641. The quantitative estimate of drug-likeness (QED) is 0.743. The topological polar surface area (TPSA) is 46.7 Å². The Kier molecular flexibility index (Phi) is 2.51. The van der Waals surface area contributed by atoms with Crippen molar-refractivity contribution in [2.45, 2.75) is 11.0 Å². The van der Waals surface area contributed by atoms with E-state index >= 15 is 0 Å². The molecule has 1 aromatic carbocycles. The van der Waals surface area contributed by atoms with Gasteiger partial charge in [0.05, 0.1) is 23.4 Å². The van der Waals surface area contributed by atoms with Crippen LogP contribution in [-0.2, 0) is 14.6 Å². The lowest BCUT2D eigenvalue weighted by molar-refractivity contribution is 0.422. The summed E-state index contributed by atoms with van der Waals surface area (Å²) >= 11 is 5.66. The van der Waals surface area contributed by atoms with Crippen LogP contribution in [0.25, 0.3) is 0 Å². The molecule has 14 heavy (non-hydrogen) atoms. The number of epoxide rings is 1. The standard InChI is InChI=1S/C9H9ClO3S/c10-7-1-3-9(4-2-7)14(11,12)6-8-5-13-8/h1-4,8H,5-6H2/t8-/m1/s1. The van der Waals surface area contributed by atoms with E-state index in [2.05, 4.69) is 0 Å². The molecular weight excluding hydrogens is 224 g/mol. The van der Waals surface area contributed by atoms with E-state index < -0.39 is 9.84 Å². The Morgan fingerprint density at radius 3 is 2.43 bits per heavy atom. The molecule has 0 aliphatic carbocycles. The average Bonchev–Trinajstić information content (AvgIpc) is 2.88. The summed E-state index contributed by atoms with van der Waals surface area (Å²) in [6.45, 7) is 0.548. The third-order valence-corrected chi connectivity index (χ3v) is 4.03. The largest absolute Gasteiger partial charge is 0.372 e. The molecule has 0 amide bonds. The summed E-state index contributed by atoms with van der Waals surface area (Å²) in [6, 6.07) is 6.17. The van der Waals surface area contributed by atoms with Crippen LogP contribution in [-0.4, -0.2) is 26.9 Å². The highest BCUT2D eigenvalue weighted by molar-refractivity contribution is 7.91. The van der Waals surface area contributed by atoms with Gasteiger partial charge in [-0.15, -0.1) is 0 Å². The molecule has 0 saturated carbocycles. The second kappa shape index (κ2) is 3.53. The highest BCUT2D eigenvalue weighted by atomic mass is 35.5. The summed E-state index contributed by atoms with van der Waals surface area (Å²) in [5, 5.41) is 0.534. The van der Waals surface area contributed by atoms with E-state index in [0.29, 0.717) is 16.5 Å². The second-order valence-corrected chi connectivity index (χ2v) is 5.66. The second-order valence-electron chi connectivity index (χ2n) is 3.19. The smallest absolute Gasteiger partial charge is 0.181 e. The van der Waals surface area contributed by atoms with Gasteiger partial charge >= 0.3 is 0 Å². The molecule has 1 aliphatic heterocycles. The van der Waals surface area contributed by atoms with Gasteiger partial charge in [-0.3, -0.25) is 0 Å². The Morgan fingerprint density at radius 2 is 1.93 bits per heavy atom. The van der Waals surface area contributed by atoms with Gasteiger partial charge in [0, 0.05) is 5.02 Å². The number of rotatable bonds is 3.